The molecule has 2 aromatic carbocycles. The van der Waals surface area contributed by atoms with Crippen molar-refractivity contribution in [1.29, 1.82) is 0 Å². The van der Waals surface area contributed by atoms with Gasteiger partial charge in [-0.1, -0.05) is 17.7 Å². The number of fused-ring (bicyclic) bond motifs is 1. The second-order valence-electron chi connectivity index (χ2n) is 6.83. The summed E-state index contributed by atoms with van der Waals surface area (Å²) in [4.78, 5) is 28.3. The lowest BCUT2D eigenvalue weighted by atomic mass is 10.1. The number of pyridine rings is 1. The second kappa shape index (κ2) is 8.08. The molecular weight excluding hydrogens is 408 g/mol. The van der Waals surface area contributed by atoms with Crippen molar-refractivity contribution in [2.45, 2.75) is 18.9 Å². The van der Waals surface area contributed by atoms with Crippen LogP contribution in [0.4, 0.5) is 10.5 Å². The van der Waals surface area contributed by atoms with Gasteiger partial charge in [0.15, 0.2) is 5.75 Å². The van der Waals surface area contributed by atoms with Crippen LogP contribution < -0.4 is 25.8 Å². The topological polar surface area (TPSA) is 116 Å². The first-order chi connectivity index (χ1) is 14.5. The monoisotopic (exact) mass is 426 g/mol. The van der Waals surface area contributed by atoms with Crippen LogP contribution >= 0.6 is 11.6 Å². The summed E-state index contributed by atoms with van der Waals surface area (Å²) in [6, 6.07) is 9.72. The Morgan fingerprint density at radius 2 is 1.97 bits per heavy atom. The van der Waals surface area contributed by atoms with Crippen LogP contribution in [0.1, 0.15) is 23.2 Å². The Labute approximate surface area is 177 Å². The molecule has 0 spiro atoms. The minimum Gasteiger partial charge on any atom is -0.496 e. The van der Waals surface area contributed by atoms with Gasteiger partial charge >= 0.3 is 6.03 Å². The molecule has 1 aliphatic carbocycles. The van der Waals surface area contributed by atoms with Crippen LogP contribution in [0.2, 0.25) is 5.02 Å². The summed E-state index contributed by atoms with van der Waals surface area (Å²) in [5, 5.41) is 6.48. The summed E-state index contributed by atoms with van der Waals surface area (Å²) < 4.78 is 11.3. The van der Waals surface area contributed by atoms with Gasteiger partial charge in [-0.15, -0.1) is 0 Å². The van der Waals surface area contributed by atoms with Crippen LogP contribution in [0.15, 0.2) is 42.6 Å². The van der Waals surface area contributed by atoms with E-state index in [2.05, 4.69) is 15.6 Å². The Morgan fingerprint density at radius 3 is 2.67 bits per heavy atom. The van der Waals surface area contributed by atoms with Gasteiger partial charge in [0.2, 0.25) is 0 Å². The van der Waals surface area contributed by atoms with Crippen molar-refractivity contribution in [2.24, 2.45) is 5.73 Å². The first-order valence-electron chi connectivity index (χ1n) is 9.26. The van der Waals surface area contributed by atoms with Gasteiger partial charge in [-0.25, -0.2) is 4.79 Å². The number of para-hydroxylation sites is 1. The summed E-state index contributed by atoms with van der Waals surface area (Å²) in [5.41, 5.74) is 6.57. The van der Waals surface area contributed by atoms with Crippen molar-refractivity contribution in [3.8, 4) is 17.2 Å². The van der Waals surface area contributed by atoms with Crippen molar-refractivity contribution in [1.82, 2.24) is 10.3 Å². The van der Waals surface area contributed by atoms with E-state index in [1.165, 1.54) is 7.11 Å². The number of hydrogen-bond donors (Lipinski definition) is 3. The maximum absolute atomic E-state index is 12.2. The molecular formula is C21H19ClN4O4. The fraction of sp³-hybridized carbons (Fsp3) is 0.190. The quantitative estimate of drug-likeness (QED) is 0.549. The molecule has 8 nitrogen and oxygen atoms in total. The first kappa shape index (κ1) is 19.8. The minimum absolute atomic E-state index is 0.197. The number of anilines is 1. The fourth-order valence-corrected chi connectivity index (χ4v) is 3.20. The van der Waals surface area contributed by atoms with Gasteiger partial charge in [0.1, 0.15) is 17.2 Å². The molecule has 154 valence electrons. The summed E-state index contributed by atoms with van der Waals surface area (Å²) in [7, 11) is 1.45. The molecule has 0 unspecified atom stereocenters. The van der Waals surface area contributed by atoms with Gasteiger partial charge in [0, 0.05) is 23.7 Å². The predicted octanol–water partition coefficient (Wildman–Crippen LogP) is 4.07. The molecule has 1 aliphatic rings. The third kappa shape index (κ3) is 4.08. The van der Waals surface area contributed by atoms with E-state index in [4.69, 9.17) is 26.8 Å². The molecule has 0 bridgehead atoms. The number of nitrogens with one attached hydrogen (secondary N) is 2. The van der Waals surface area contributed by atoms with Gasteiger partial charge in [0.25, 0.3) is 5.91 Å². The molecule has 0 atom stereocenters. The van der Waals surface area contributed by atoms with E-state index < -0.39 is 5.91 Å². The van der Waals surface area contributed by atoms with E-state index in [0.29, 0.717) is 38.9 Å². The van der Waals surface area contributed by atoms with Crippen molar-refractivity contribution in [2.75, 3.05) is 12.4 Å². The number of amides is 3. The van der Waals surface area contributed by atoms with Crippen molar-refractivity contribution < 1.29 is 19.1 Å². The molecule has 1 saturated carbocycles. The molecule has 4 N–H and O–H groups in total. The number of benzene rings is 2. The Morgan fingerprint density at radius 1 is 1.17 bits per heavy atom. The molecule has 0 radical (unpaired) electrons. The smallest absolute Gasteiger partial charge is 0.319 e. The molecule has 9 heteroatoms. The number of carbonyl (C=O) groups excluding carboxylic acids is 2. The van der Waals surface area contributed by atoms with Crippen molar-refractivity contribution >= 4 is 40.1 Å². The number of hydrogen-bond acceptors (Lipinski definition) is 5. The summed E-state index contributed by atoms with van der Waals surface area (Å²) in [6.07, 6.45) is 3.50. The number of urea groups is 1. The molecule has 3 amide bonds. The maximum Gasteiger partial charge on any atom is 0.319 e. The highest BCUT2D eigenvalue weighted by molar-refractivity contribution is 6.34. The molecule has 1 heterocycles. The van der Waals surface area contributed by atoms with Gasteiger partial charge in [-0.05, 0) is 37.1 Å². The second-order valence-corrected chi connectivity index (χ2v) is 7.24. The number of carbonyl (C=O) groups is 2. The number of halogens is 1. The molecule has 0 aliphatic heterocycles. The Hall–Kier alpha value is -3.52. The number of rotatable bonds is 6. The predicted molar refractivity (Wildman–Crippen MR) is 114 cm³/mol. The van der Waals surface area contributed by atoms with E-state index in [9.17, 15) is 9.59 Å². The Bertz CT molecular complexity index is 1150. The number of ether oxygens (including phenoxy) is 2. The van der Waals surface area contributed by atoms with E-state index in [0.717, 1.165) is 12.8 Å². The summed E-state index contributed by atoms with van der Waals surface area (Å²) in [6.45, 7) is 0. The van der Waals surface area contributed by atoms with Crippen LogP contribution in [0.5, 0.6) is 17.2 Å². The van der Waals surface area contributed by atoms with Gasteiger partial charge < -0.3 is 25.8 Å². The highest BCUT2D eigenvalue weighted by atomic mass is 35.5. The summed E-state index contributed by atoms with van der Waals surface area (Å²) in [5.74, 6) is 0.447. The zero-order valence-electron chi connectivity index (χ0n) is 16.1. The van der Waals surface area contributed by atoms with Crippen LogP contribution in [0, 0.1) is 0 Å². The lowest BCUT2D eigenvalue weighted by molar-refractivity contribution is 0.0997. The number of aromatic nitrogens is 1. The molecule has 4 rings (SSSR count). The average molecular weight is 427 g/mol. The third-order valence-electron chi connectivity index (χ3n) is 4.63. The van der Waals surface area contributed by atoms with E-state index in [-0.39, 0.29) is 17.6 Å². The maximum atomic E-state index is 12.2. The highest BCUT2D eigenvalue weighted by Gasteiger charge is 2.24. The highest BCUT2D eigenvalue weighted by Crippen LogP contribution is 2.38. The number of nitrogens with two attached hydrogens (primary N) is 1. The fourth-order valence-electron chi connectivity index (χ4n) is 2.99. The summed E-state index contributed by atoms with van der Waals surface area (Å²) >= 11 is 6.30. The third-order valence-corrected chi connectivity index (χ3v) is 4.95. The normalized spacial score (nSPS) is 13.0. The lowest BCUT2D eigenvalue weighted by Gasteiger charge is -2.16. The van der Waals surface area contributed by atoms with Gasteiger partial charge in [-0.3, -0.25) is 9.78 Å². The molecule has 1 fully saturated rings. The van der Waals surface area contributed by atoms with E-state index in [1.54, 1.807) is 42.6 Å². The standard InChI is InChI=1S/C21H19ClN4O4/c1-29-18-10-15-12(9-13(18)20(23)27)16(7-8-24-15)30-17-4-2-3-14(22)19(17)26-21(28)25-11-5-6-11/h2-4,7-11H,5-6H2,1H3,(H2,23,27)(H2,25,26,28). The van der Waals surface area contributed by atoms with E-state index in [1.807, 2.05) is 0 Å². The lowest BCUT2D eigenvalue weighted by Crippen LogP contribution is -2.30. The largest absolute Gasteiger partial charge is 0.496 e. The van der Waals surface area contributed by atoms with Crippen LogP contribution in [0.3, 0.4) is 0 Å². The minimum atomic E-state index is -0.634. The molecule has 30 heavy (non-hydrogen) atoms. The van der Waals surface area contributed by atoms with Crippen molar-refractivity contribution in [3.63, 3.8) is 0 Å². The number of nitrogens with zero attached hydrogens (tertiary/aromatic N) is 1. The number of primary amides is 1. The molecule has 3 aromatic rings. The first-order valence-corrected chi connectivity index (χ1v) is 9.64. The average Bonchev–Trinajstić information content (AvgIpc) is 3.53. The molecule has 1 aromatic heterocycles. The Balaban J connectivity index is 1.72. The SMILES string of the molecule is COc1cc2nccc(Oc3cccc(Cl)c3NC(=O)NC3CC3)c2cc1C(N)=O. The Kier molecular flexibility index (Phi) is 5.33. The molecule has 0 saturated heterocycles. The van der Waals surface area contributed by atoms with Crippen LogP contribution in [-0.4, -0.2) is 30.1 Å². The zero-order valence-corrected chi connectivity index (χ0v) is 16.8. The van der Waals surface area contributed by atoms with Crippen LogP contribution in [-0.2, 0) is 0 Å². The number of methoxy groups -OCH3 is 1. The van der Waals surface area contributed by atoms with Crippen LogP contribution in [0.25, 0.3) is 10.9 Å². The zero-order chi connectivity index (χ0) is 21.3. The van der Waals surface area contributed by atoms with Crippen molar-refractivity contribution in [3.05, 3.63) is 53.2 Å². The van der Waals surface area contributed by atoms with Gasteiger partial charge in [0.05, 0.1) is 23.2 Å². The van der Waals surface area contributed by atoms with Gasteiger partial charge in [-0.2, -0.15) is 0 Å². The van der Waals surface area contributed by atoms with E-state index >= 15 is 0 Å².